The van der Waals surface area contributed by atoms with Gasteiger partial charge in [-0.3, -0.25) is 9.59 Å². The van der Waals surface area contributed by atoms with Gasteiger partial charge in [-0.1, -0.05) is 29.8 Å². The van der Waals surface area contributed by atoms with E-state index in [9.17, 15) is 19.8 Å². The first kappa shape index (κ1) is 19.5. The van der Waals surface area contributed by atoms with Crippen LogP contribution in [0.15, 0.2) is 70.9 Å². The van der Waals surface area contributed by atoms with E-state index in [1.54, 1.807) is 30.3 Å². The van der Waals surface area contributed by atoms with Crippen LogP contribution in [0.3, 0.4) is 0 Å². The number of rotatable bonds is 4. The second-order valence-corrected chi connectivity index (χ2v) is 7.42. The Kier molecular flexibility index (Phi) is 4.91. The molecule has 1 unspecified atom stereocenters. The topological polar surface area (TPSA) is 91.0 Å². The van der Waals surface area contributed by atoms with Gasteiger partial charge >= 0.3 is 0 Å². The molecule has 30 heavy (non-hydrogen) atoms. The number of nitrogens with zero attached hydrogens (tertiary/aromatic N) is 1. The zero-order chi connectivity index (χ0) is 21.4. The van der Waals surface area contributed by atoms with Crippen molar-refractivity contribution in [2.45, 2.75) is 26.4 Å². The third-order valence-electron chi connectivity index (χ3n) is 5.28. The molecule has 1 saturated heterocycles. The largest absolute Gasteiger partial charge is 0.508 e. The van der Waals surface area contributed by atoms with Crippen LogP contribution in [0.5, 0.6) is 5.75 Å². The van der Waals surface area contributed by atoms with Gasteiger partial charge in [0.25, 0.3) is 11.7 Å². The highest BCUT2D eigenvalue weighted by Gasteiger charge is 2.46. The number of aromatic hydroxyl groups is 1. The standard InChI is InChI=1S/C24H21NO5/c1-14-8-9-15(2)19(11-14)22(27)20-21(16-5-3-6-17(26)12-16)25(24(29)23(20)28)13-18-7-4-10-30-18/h3-12,21,26-27H,13H2,1-2H3/b22-20+. The molecule has 2 aromatic carbocycles. The van der Waals surface area contributed by atoms with Crippen LogP contribution >= 0.6 is 0 Å². The van der Waals surface area contributed by atoms with E-state index in [-0.39, 0.29) is 23.6 Å². The molecule has 0 saturated carbocycles. The maximum Gasteiger partial charge on any atom is 0.296 e. The molecule has 3 aromatic rings. The van der Waals surface area contributed by atoms with E-state index in [1.165, 1.54) is 23.3 Å². The van der Waals surface area contributed by atoms with E-state index in [0.717, 1.165) is 11.1 Å². The first-order chi connectivity index (χ1) is 14.4. The van der Waals surface area contributed by atoms with Gasteiger partial charge in [-0.05, 0) is 55.3 Å². The Bertz CT molecular complexity index is 1160. The van der Waals surface area contributed by atoms with Crippen molar-refractivity contribution in [3.63, 3.8) is 0 Å². The Hall–Kier alpha value is -3.80. The smallest absolute Gasteiger partial charge is 0.296 e. The minimum atomic E-state index is -0.859. The number of likely N-dealkylation sites (tertiary alicyclic amines) is 1. The highest BCUT2D eigenvalue weighted by atomic mass is 16.3. The van der Waals surface area contributed by atoms with Crippen LogP contribution < -0.4 is 0 Å². The summed E-state index contributed by atoms with van der Waals surface area (Å²) in [6.45, 7) is 3.77. The Morgan fingerprint density at radius 1 is 1.07 bits per heavy atom. The number of Topliss-reactive ketones (excluding diaryl/α,β-unsaturated/α-hetero) is 1. The van der Waals surface area contributed by atoms with Crippen LogP contribution in [0.25, 0.3) is 5.76 Å². The summed E-state index contributed by atoms with van der Waals surface area (Å²) in [5.41, 5.74) is 2.71. The molecule has 1 aliphatic heterocycles. The van der Waals surface area contributed by atoms with Gasteiger partial charge in [-0.25, -0.2) is 0 Å². The fourth-order valence-electron chi connectivity index (χ4n) is 3.79. The Balaban J connectivity index is 1.92. The zero-order valence-electron chi connectivity index (χ0n) is 16.6. The summed E-state index contributed by atoms with van der Waals surface area (Å²) >= 11 is 0. The summed E-state index contributed by atoms with van der Waals surface area (Å²) in [4.78, 5) is 27.3. The number of phenols is 1. The van der Waals surface area contributed by atoms with Crippen LogP contribution in [-0.2, 0) is 16.1 Å². The van der Waals surface area contributed by atoms with Crippen LogP contribution in [-0.4, -0.2) is 26.8 Å². The second-order valence-electron chi connectivity index (χ2n) is 7.42. The van der Waals surface area contributed by atoms with Crippen molar-refractivity contribution in [2.75, 3.05) is 0 Å². The number of hydrogen-bond donors (Lipinski definition) is 2. The van der Waals surface area contributed by atoms with E-state index in [1.807, 2.05) is 26.0 Å². The summed E-state index contributed by atoms with van der Waals surface area (Å²) in [5.74, 6) is -1.22. The summed E-state index contributed by atoms with van der Waals surface area (Å²) in [7, 11) is 0. The van der Waals surface area contributed by atoms with E-state index >= 15 is 0 Å². The minimum absolute atomic E-state index is 0.00261. The average Bonchev–Trinajstić information content (AvgIpc) is 3.32. The van der Waals surface area contributed by atoms with E-state index in [4.69, 9.17) is 4.42 Å². The van der Waals surface area contributed by atoms with Gasteiger partial charge in [0.05, 0.1) is 24.4 Å². The van der Waals surface area contributed by atoms with Crippen molar-refractivity contribution < 1.29 is 24.2 Å². The molecule has 1 aliphatic rings. The predicted molar refractivity (Wildman–Crippen MR) is 111 cm³/mol. The second kappa shape index (κ2) is 7.55. The molecule has 1 aromatic heterocycles. The molecule has 0 bridgehead atoms. The van der Waals surface area contributed by atoms with Crippen molar-refractivity contribution in [3.8, 4) is 5.75 Å². The molecular formula is C24H21NO5. The monoisotopic (exact) mass is 403 g/mol. The molecule has 0 aliphatic carbocycles. The molecular weight excluding hydrogens is 382 g/mol. The van der Waals surface area contributed by atoms with Crippen molar-refractivity contribution >= 4 is 17.4 Å². The van der Waals surface area contributed by atoms with E-state index in [2.05, 4.69) is 0 Å². The number of benzene rings is 2. The third kappa shape index (κ3) is 3.37. The number of hydrogen-bond acceptors (Lipinski definition) is 5. The molecule has 152 valence electrons. The molecule has 6 nitrogen and oxygen atoms in total. The molecule has 1 amide bonds. The average molecular weight is 403 g/mol. The van der Waals surface area contributed by atoms with Crippen LogP contribution in [0.1, 0.15) is 34.1 Å². The van der Waals surface area contributed by atoms with Gasteiger partial charge in [-0.15, -0.1) is 0 Å². The molecule has 1 atom stereocenters. The molecule has 4 rings (SSSR count). The number of ketones is 1. The van der Waals surface area contributed by atoms with E-state index < -0.39 is 17.7 Å². The maximum absolute atomic E-state index is 13.0. The van der Waals surface area contributed by atoms with Crippen LogP contribution in [0, 0.1) is 13.8 Å². The van der Waals surface area contributed by atoms with Gasteiger partial charge in [0.2, 0.25) is 0 Å². The minimum Gasteiger partial charge on any atom is -0.508 e. The highest BCUT2D eigenvalue weighted by molar-refractivity contribution is 6.46. The van der Waals surface area contributed by atoms with Crippen LogP contribution in [0.4, 0.5) is 0 Å². The number of carbonyl (C=O) groups excluding carboxylic acids is 2. The quantitative estimate of drug-likeness (QED) is 0.387. The molecule has 0 spiro atoms. The first-order valence-corrected chi connectivity index (χ1v) is 9.54. The Morgan fingerprint density at radius 3 is 2.57 bits per heavy atom. The maximum atomic E-state index is 13.0. The van der Waals surface area contributed by atoms with E-state index in [0.29, 0.717) is 16.9 Å². The van der Waals surface area contributed by atoms with Crippen molar-refractivity contribution in [1.82, 2.24) is 4.90 Å². The lowest BCUT2D eigenvalue weighted by Gasteiger charge is -2.24. The number of aliphatic hydroxyl groups excluding tert-OH is 1. The lowest BCUT2D eigenvalue weighted by Crippen LogP contribution is -2.29. The van der Waals surface area contributed by atoms with Gasteiger partial charge in [0, 0.05) is 5.56 Å². The molecule has 6 heteroatoms. The third-order valence-corrected chi connectivity index (χ3v) is 5.28. The number of phenolic OH excluding ortho intramolecular Hbond substituents is 1. The highest BCUT2D eigenvalue weighted by Crippen LogP contribution is 2.41. The lowest BCUT2D eigenvalue weighted by atomic mass is 9.93. The molecule has 1 fully saturated rings. The number of aryl methyl sites for hydroxylation is 2. The summed E-state index contributed by atoms with van der Waals surface area (Å²) in [6.07, 6.45) is 1.49. The fraction of sp³-hybridized carbons (Fsp3) is 0.167. The number of amides is 1. The van der Waals surface area contributed by atoms with Crippen molar-refractivity contribution in [3.05, 3.63) is 94.4 Å². The SMILES string of the molecule is Cc1ccc(C)c(/C(O)=C2\C(=O)C(=O)N(Cc3ccco3)C2c2cccc(O)c2)c1. The van der Waals surface area contributed by atoms with Gasteiger partial charge in [0.1, 0.15) is 17.3 Å². The number of aliphatic hydroxyl groups is 1. The predicted octanol–water partition coefficient (Wildman–Crippen LogP) is 4.22. The van der Waals surface area contributed by atoms with Crippen molar-refractivity contribution in [1.29, 1.82) is 0 Å². The number of furan rings is 1. The van der Waals surface area contributed by atoms with Gasteiger partial charge < -0.3 is 19.5 Å². The first-order valence-electron chi connectivity index (χ1n) is 9.54. The summed E-state index contributed by atoms with van der Waals surface area (Å²) < 4.78 is 5.37. The zero-order valence-corrected chi connectivity index (χ0v) is 16.6. The van der Waals surface area contributed by atoms with Crippen LogP contribution in [0.2, 0.25) is 0 Å². The summed E-state index contributed by atoms with van der Waals surface area (Å²) in [6, 6.07) is 14.4. The normalized spacial score (nSPS) is 18.2. The van der Waals surface area contributed by atoms with Gasteiger partial charge in [-0.2, -0.15) is 0 Å². The Morgan fingerprint density at radius 2 is 1.87 bits per heavy atom. The fourth-order valence-corrected chi connectivity index (χ4v) is 3.79. The van der Waals surface area contributed by atoms with Gasteiger partial charge in [0.15, 0.2) is 0 Å². The van der Waals surface area contributed by atoms with Crippen molar-refractivity contribution in [2.24, 2.45) is 0 Å². The molecule has 0 radical (unpaired) electrons. The number of carbonyl (C=O) groups is 2. The summed E-state index contributed by atoms with van der Waals surface area (Å²) in [5, 5.41) is 21.1. The molecule has 2 heterocycles. The molecule has 2 N–H and O–H groups in total. The lowest BCUT2D eigenvalue weighted by molar-refractivity contribution is -0.140. The Labute approximate surface area is 173 Å².